The zero-order valence-corrected chi connectivity index (χ0v) is 22.2. The second-order valence-electron chi connectivity index (χ2n) is 9.04. The molecule has 2 N–H and O–H groups in total. The van der Waals surface area contributed by atoms with Gasteiger partial charge in [-0.3, -0.25) is 0 Å². The number of carbonyl (C=O) groups is 1. The molecule has 1 aromatic heterocycles. The fraction of sp³-hybridized carbons (Fsp3) is 0.875. The lowest BCUT2D eigenvalue weighted by atomic mass is 10.2. The van der Waals surface area contributed by atoms with Gasteiger partial charge in [-0.15, -0.1) is 5.10 Å². The third-order valence-corrected chi connectivity index (χ3v) is 4.53. The van der Waals surface area contributed by atoms with Gasteiger partial charge >= 0.3 is 6.09 Å². The Morgan fingerprint density at radius 2 is 1.47 bits per heavy atom. The summed E-state index contributed by atoms with van der Waals surface area (Å²) in [5.41, 5.74) is 0.296. The number of hydrogen-bond donors (Lipinski definition) is 2. The molecule has 12 heteroatoms. The number of rotatable bonds is 23. The highest BCUT2D eigenvalue weighted by Crippen LogP contribution is 2.06. The Hall–Kier alpha value is -1.83. The molecule has 0 aliphatic heterocycles. The lowest BCUT2D eigenvalue weighted by molar-refractivity contribution is -0.00276. The van der Waals surface area contributed by atoms with E-state index < -0.39 is 11.7 Å². The highest BCUT2D eigenvalue weighted by molar-refractivity contribution is 5.67. The Bertz CT molecular complexity index is 654. The lowest BCUT2D eigenvalue weighted by Gasteiger charge is -2.19. The molecule has 1 heterocycles. The third-order valence-electron chi connectivity index (χ3n) is 4.53. The number of nitrogens with one attached hydrogen (secondary N) is 1. The van der Waals surface area contributed by atoms with E-state index in [9.17, 15) is 4.79 Å². The van der Waals surface area contributed by atoms with Crippen LogP contribution in [0.4, 0.5) is 4.79 Å². The smallest absolute Gasteiger partial charge is 0.407 e. The van der Waals surface area contributed by atoms with Gasteiger partial charge in [0.25, 0.3) is 0 Å². The number of amides is 1. The Kier molecular flexibility index (Phi) is 19.0. The first-order chi connectivity index (χ1) is 17.4. The second kappa shape index (κ2) is 21.3. The molecule has 0 radical (unpaired) electrons. The zero-order valence-electron chi connectivity index (χ0n) is 22.2. The van der Waals surface area contributed by atoms with Gasteiger partial charge in [0.15, 0.2) is 0 Å². The molecule has 210 valence electrons. The molecular weight excluding hydrogens is 472 g/mol. The average Bonchev–Trinajstić information content (AvgIpc) is 3.27. The van der Waals surface area contributed by atoms with Gasteiger partial charge in [0.1, 0.15) is 11.3 Å². The van der Waals surface area contributed by atoms with Crippen molar-refractivity contribution in [2.45, 2.75) is 65.2 Å². The average molecular weight is 519 g/mol. The van der Waals surface area contributed by atoms with Crippen molar-refractivity contribution in [2.75, 3.05) is 72.6 Å². The number of hydrogen-bond acceptors (Lipinski definition) is 10. The zero-order chi connectivity index (χ0) is 26.3. The molecule has 0 spiro atoms. The molecule has 0 saturated carbocycles. The molecule has 36 heavy (non-hydrogen) atoms. The van der Waals surface area contributed by atoms with E-state index in [0.717, 1.165) is 31.4 Å². The van der Waals surface area contributed by atoms with Crippen LogP contribution in [0.25, 0.3) is 0 Å². The molecule has 0 saturated heterocycles. The fourth-order valence-electron chi connectivity index (χ4n) is 2.82. The van der Waals surface area contributed by atoms with Crippen molar-refractivity contribution >= 4 is 6.09 Å². The first-order valence-corrected chi connectivity index (χ1v) is 12.8. The van der Waals surface area contributed by atoms with Crippen LogP contribution in [0.2, 0.25) is 0 Å². The summed E-state index contributed by atoms with van der Waals surface area (Å²) in [7, 11) is 0. The predicted octanol–water partition coefficient (Wildman–Crippen LogP) is 1.94. The van der Waals surface area contributed by atoms with Gasteiger partial charge < -0.3 is 38.8 Å². The Morgan fingerprint density at radius 3 is 2.11 bits per heavy atom. The van der Waals surface area contributed by atoms with E-state index in [-0.39, 0.29) is 6.61 Å². The topological polar surface area (TPSA) is 135 Å². The van der Waals surface area contributed by atoms with Gasteiger partial charge in [0.2, 0.25) is 0 Å². The summed E-state index contributed by atoms with van der Waals surface area (Å²) in [5.74, 6) is 0. The molecule has 1 rings (SSSR count). The summed E-state index contributed by atoms with van der Waals surface area (Å²) in [5, 5.41) is 19.5. The van der Waals surface area contributed by atoms with Gasteiger partial charge in [-0.1, -0.05) is 18.1 Å². The second-order valence-corrected chi connectivity index (χ2v) is 9.04. The molecular formula is C24H46N4O8. The van der Waals surface area contributed by atoms with E-state index >= 15 is 0 Å². The van der Waals surface area contributed by atoms with E-state index in [2.05, 4.69) is 15.6 Å². The largest absolute Gasteiger partial charge is 0.444 e. The summed E-state index contributed by atoms with van der Waals surface area (Å²) in [6.45, 7) is 11.6. The quantitative estimate of drug-likeness (QED) is 0.207. The molecule has 12 nitrogen and oxygen atoms in total. The number of carbonyl (C=O) groups excluding carboxylic acids is 1. The Morgan fingerprint density at radius 1 is 0.861 bits per heavy atom. The van der Waals surface area contributed by atoms with Crippen LogP contribution in [0.3, 0.4) is 0 Å². The van der Waals surface area contributed by atoms with Gasteiger partial charge in [-0.25, -0.2) is 9.48 Å². The van der Waals surface area contributed by atoms with Crippen LogP contribution in [-0.4, -0.2) is 104 Å². The van der Waals surface area contributed by atoms with Crippen LogP contribution in [0.1, 0.15) is 52.1 Å². The number of aliphatic hydroxyl groups excluding tert-OH is 1. The molecule has 0 atom stereocenters. The van der Waals surface area contributed by atoms with E-state index in [4.69, 9.17) is 33.5 Å². The molecule has 0 aliphatic rings. The normalized spacial score (nSPS) is 11.7. The van der Waals surface area contributed by atoms with Crippen molar-refractivity contribution < 1.29 is 38.3 Å². The Labute approximate surface area is 214 Å². The summed E-state index contributed by atoms with van der Waals surface area (Å²) in [4.78, 5) is 11.5. The number of aromatic nitrogens is 3. The summed E-state index contributed by atoms with van der Waals surface area (Å²) >= 11 is 0. The highest BCUT2D eigenvalue weighted by Gasteiger charge is 2.15. The standard InChI is InChI=1S/C24H46N4O8/c1-24(2,3)36-23(30)25-8-12-31-14-16-33-18-19-34-17-15-32-13-9-28-20-22(26-27-28)21-35-11-7-5-4-6-10-29/h20,29H,4-19,21H2,1-3H3,(H,25,30). The summed E-state index contributed by atoms with van der Waals surface area (Å²) in [6.07, 6.45) is 5.35. The summed E-state index contributed by atoms with van der Waals surface area (Å²) < 4.78 is 34.3. The molecule has 1 amide bonds. The fourth-order valence-corrected chi connectivity index (χ4v) is 2.82. The van der Waals surface area contributed by atoms with Gasteiger partial charge in [-0.05, 0) is 33.6 Å². The molecule has 0 fully saturated rings. The van der Waals surface area contributed by atoms with E-state index in [1.165, 1.54) is 0 Å². The van der Waals surface area contributed by atoms with Crippen LogP contribution < -0.4 is 5.32 Å². The number of aliphatic hydroxyl groups is 1. The van der Waals surface area contributed by atoms with Crippen LogP contribution in [0.15, 0.2) is 6.20 Å². The van der Waals surface area contributed by atoms with Crippen molar-refractivity contribution in [3.05, 3.63) is 11.9 Å². The molecule has 0 aromatic carbocycles. The van der Waals surface area contributed by atoms with Crippen molar-refractivity contribution in [2.24, 2.45) is 0 Å². The van der Waals surface area contributed by atoms with Crippen molar-refractivity contribution in [1.29, 1.82) is 0 Å². The number of ether oxygens (including phenoxy) is 6. The van der Waals surface area contributed by atoms with Crippen molar-refractivity contribution in [3.8, 4) is 0 Å². The minimum atomic E-state index is -0.507. The first kappa shape index (κ1) is 32.2. The molecule has 1 aromatic rings. The molecule has 0 unspecified atom stereocenters. The highest BCUT2D eigenvalue weighted by atomic mass is 16.6. The molecule has 0 aliphatic carbocycles. The van der Waals surface area contributed by atoms with Crippen molar-refractivity contribution in [3.63, 3.8) is 0 Å². The minimum Gasteiger partial charge on any atom is -0.444 e. The monoisotopic (exact) mass is 518 g/mol. The number of unbranched alkanes of at least 4 members (excludes halogenated alkanes) is 3. The van der Waals surface area contributed by atoms with Gasteiger partial charge in [0, 0.05) is 19.8 Å². The first-order valence-electron chi connectivity index (χ1n) is 12.8. The van der Waals surface area contributed by atoms with E-state index in [1.54, 1.807) is 4.68 Å². The summed E-state index contributed by atoms with van der Waals surface area (Å²) in [6, 6.07) is 0. The third kappa shape index (κ3) is 20.4. The maximum Gasteiger partial charge on any atom is 0.407 e. The van der Waals surface area contributed by atoms with Crippen LogP contribution >= 0.6 is 0 Å². The Balaban J connectivity index is 1.82. The maximum atomic E-state index is 11.5. The van der Waals surface area contributed by atoms with Gasteiger partial charge in [0.05, 0.1) is 72.2 Å². The maximum absolute atomic E-state index is 11.5. The van der Waals surface area contributed by atoms with Crippen LogP contribution in [-0.2, 0) is 41.6 Å². The number of alkyl carbamates (subject to hydrolysis) is 1. The van der Waals surface area contributed by atoms with Gasteiger partial charge in [-0.2, -0.15) is 0 Å². The van der Waals surface area contributed by atoms with Crippen LogP contribution in [0.5, 0.6) is 0 Å². The lowest BCUT2D eigenvalue weighted by Crippen LogP contribution is -2.34. The van der Waals surface area contributed by atoms with E-state index in [1.807, 2.05) is 27.0 Å². The van der Waals surface area contributed by atoms with Crippen LogP contribution in [0, 0.1) is 0 Å². The predicted molar refractivity (Wildman–Crippen MR) is 133 cm³/mol. The SMILES string of the molecule is CC(C)(C)OC(=O)NCCOCCOCCOCCOCCn1cc(COCCCCCCO)nn1. The van der Waals surface area contributed by atoms with E-state index in [0.29, 0.717) is 79.2 Å². The van der Waals surface area contributed by atoms with Crippen molar-refractivity contribution in [1.82, 2.24) is 20.3 Å². The molecule has 0 bridgehead atoms. The number of nitrogens with zero attached hydrogens (tertiary/aromatic N) is 3. The minimum absolute atomic E-state index is 0.257.